The monoisotopic (exact) mass is 181 g/mol. The van der Waals surface area contributed by atoms with Gasteiger partial charge in [-0.3, -0.25) is 0 Å². The molecule has 76 valence electrons. The molecule has 0 aromatic rings. The lowest BCUT2D eigenvalue weighted by atomic mass is 9.65. The zero-order chi connectivity index (χ0) is 9.85. The molecule has 0 aromatic heterocycles. The smallest absolute Gasteiger partial charge is 0.00442 e. The van der Waals surface area contributed by atoms with Crippen LogP contribution in [0, 0.1) is 22.7 Å². The van der Waals surface area contributed by atoms with Crippen LogP contribution < -0.4 is 5.73 Å². The Balaban J connectivity index is 2.33. The summed E-state index contributed by atoms with van der Waals surface area (Å²) in [4.78, 5) is 0. The van der Waals surface area contributed by atoms with Gasteiger partial charge in [-0.25, -0.2) is 0 Å². The van der Waals surface area contributed by atoms with E-state index < -0.39 is 0 Å². The highest BCUT2D eigenvalue weighted by atomic mass is 14.7. The van der Waals surface area contributed by atoms with Crippen molar-refractivity contribution in [3.63, 3.8) is 0 Å². The Bertz CT molecular complexity index is 219. The van der Waals surface area contributed by atoms with Gasteiger partial charge >= 0.3 is 0 Å². The fourth-order valence-corrected chi connectivity index (χ4v) is 4.06. The second-order valence-electron chi connectivity index (χ2n) is 6.08. The standard InChI is InChI=1S/C12H23N/c1-8(13)10-7-9-5-6-12(10,4)11(9,2)3/h8-10H,5-7,13H2,1-4H3/t8-,9+,10+,12-/m1/s1. The van der Waals surface area contributed by atoms with Gasteiger partial charge in [0.2, 0.25) is 0 Å². The molecule has 2 rings (SSSR count). The SMILES string of the molecule is C[C@@H](N)[C@@H]1C[C@@H]2CC[C@@]1(C)C2(C)C. The van der Waals surface area contributed by atoms with Crippen molar-refractivity contribution < 1.29 is 0 Å². The summed E-state index contributed by atoms with van der Waals surface area (Å²) < 4.78 is 0. The first-order chi connectivity index (χ1) is 5.89. The first kappa shape index (κ1) is 9.51. The minimum absolute atomic E-state index is 0.384. The van der Waals surface area contributed by atoms with Crippen LogP contribution in [0.5, 0.6) is 0 Å². The van der Waals surface area contributed by atoms with E-state index in [4.69, 9.17) is 5.73 Å². The number of hydrogen-bond acceptors (Lipinski definition) is 1. The fraction of sp³-hybridized carbons (Fsp3) is 1.00. The van der Waals surface area contributed by atoms with Gasteiger partial charge in [0, 0.05) is 6.04 Å². The van der Waals surface area contributed by atoms with Crippen LogP contribution in [-0.4, -0.2) is 6.04 Å². The van der Waals surface area contributed by atoms with Gasteiger partial charge in [0.05, 0.1) is 0 Å². The molecular formula is C12H23N. The Morgan fingerprint density at radius 2 is 1.92 bits per heavy atom. The van der Waals surface area contributed by atoms with Crippen molar-refractivity contribution in [1.29, 1.82) is 0 Å². The van der Waals surface area contributed by atoms with Crippen LogP contribution in [0.1, 0.15) is 47.0 Å². The van der Waals surface area contributed by atoms with Crippen LogP contribution in [0.3, 0.4) is 0 Å². The molecule has 0 spiro atoms. The van der Waals surface area contributed by atoms with Gasteiger partial charge in [0.15, 0.2) is 0 Å². The van der Waals surface area contributed by atoms with Gasteiger partial charge in [-0.2, -0.15) is 0 Å². The molecule has 2 aliphatic rings. The third-order valence-electron chi connectivity index (χ3n) is 5.50. The number of fused-ring (bicyclic) bond motifs is 2. The second-order valence-corrected chi connectivity index (χ2v) is 6.08. The normalized spacial score (nSPS) is 49.6. The summed E-state index contributed by atoms with van der Waals surface area (Å²) in [6, 6.07) is 0.384. The van der Waals surface area contributed by atoms with Crippen LogP contribution in [0.25, 0.3) is 0 Å². The molecule has 0 aliphatic heterocycles. The molecule has 2 bridgehead atoms. The molecule has 4 atom stereocenters. The minimum Gasteiger partial charge on any atom is -0.328 e. The van der Waals surface area contributed by atoms with E-state index in [0.717, 1.165) is 11.8 Å². The van der Waals surface area contributed by atoms with Gasteiger partial charge in [0.25, 0.3) is 0 Å². The van der Waals surface area contributed by atoms with Crippen molar-refractivity contribution in [3.05, 3.63) is 0 Å². The molecule has 0 aromatic carbocycles. The zero-order valence-electron chi connectivity index (χ0n) is 9.43. The van der Waals surface area contributed by atoms with E-state index in [1.807, 2.05) is 0 Å². The third kappa shape index (κ3) is 0.971. The zero-order valence-corrected chi connectivity index (χ0v) is 9.43. The molecule has 0 amide bonds. The highest BCUT2D eigenvalue weighted by molar-refractivity contribution is 5.11. The molecule has 2 saturated carbocycles. The van der Waals surface area contributed by atoms with Gasteiger partial charge in [-0.05, 0) is 48.9 Å². The van der Waals surface area contributed by atoms with Gasteiger partial charge in [-0.15, -0.1) is 0 Å². The minimum atomic E-state index is 0.384. The molecule has 2 fully saturated rings. The highest BCUT2D eigenvalue weighted by Gasteiger charge is 2.61. The first-order valence-electron chi connectivity index (χ1n) is 5.65. The van der Waals surface area contributed by atoms with Crippen molar-refractivity contribution >= 4 is 0 Å². The van der Waals surface area contributed by atoms with Crippen LogP contribution in [0.15, 0.2) is 0 Å². The predicted molar refractivity (Wildman–Crippen MR) is 56.4 cm³/mol. The van der Waals surface area contributed by atoms with E-state index >= 15 is 0 Å². The summed E-state index contributed by atoms with van der Waals surface area (Å²) in [5, 5.41) is 0. The maximum absolute atomic E-state index is 6.09. The topological polar surface area (TPSA) is 26.0 Å². The molecule has 1 nitrogen and oxygen atoms in total. The Morgan fingerprint density at radius 3 is 2.15 bits per heavy atom. The lowest BCUT2D eigenvalue weighted by molar-refractivity contribution is 0.0911. The van der Waals surface area contributed by atoms with Gasteiger partial charge in [-0.1, -0.05) is 20.8 Å². The molecule has 2 N–H and O–H groups in total. The van der Waals surface area contributed by atoms with Crippen LogP contribution >= 0.6 is 0 Å². The average molecular weight is 181 g/mol. The van der Waals surface area contributed by atoms with Crippen LogP contribution in [0.4, 0.5) is 0 Å². The van der Waals surface area contributed by atoms with Crippen LogP contribution in [-0.2, 0) is 0 Å². The summed E-state index contributed by atoms with van der Waals surface area (Å²) in [6.45, 7) is 9.56. The summed E-state index contributed by atoms with van der Waals surface area (Å²) >= 11 is 0. The van der Waals surface area contributed by atoms with Crippen molar-refractivity contribution in [1.82, 2.24) is 0 Å². The molecule has 2 aliphatic carbocycles. The maximum atomic E-state index is 6.09. The molecule has 0 unspecified atom stereocenters. The summed E-state index contributed by atoms with van der Waals surface area (Å²) in [7, 11) is 0. The lowest BCUT2D eigenvalue weighted by Crippen LogP contribution is -2.40. The van der Waals surface area contributed by atoms with Crippen LogP contribution in [0.2, 0.25) is 0 Å². The predicted octanol–water partition coefficient (Wildman–Crippen LogP) is 2.80. The molecule has 1 heteroatoms. The van der Waals surface area contributed by atoms with Crippen molar-refractivity contribution in [3.8, 4) is 0 Å². The molecule has 0 heterocycles. The average Bonchev–Trinajstić information content (AvgIpc) is 2.34. The number of rotatable bonds is 1. The van der Waals surface area contributed by atoms with E-state index in [2.05, 4.69) is 27.7 Å². The van der Waals surface area contributed by atoms with E-state index in [-0.39, 0.29) is 0 Å². The quantitative estimate of drug-likeness (QED) is 0.661. The van der Waals surface area contributed by atoms with E-state index in [0.29, 0.717) is 16.9 Å². The Kier molecular flexibility index (Phi) is 1.83. The summed E-state index contributed by atoms with van der Waals surface area (Å²) in [6.07, 6.45) is 4.21. The summed E-state index contributed by atoms with van der Waals surface area (Å²) in [5.74, 6) is 1.70. The van der Waals surface area contributed by atoms with Gasteiger partial charge < -0.3 is 5.73 Å². The maximum Gasteiger partial charge on any atom is 0.00442 e. The number of hydrogen-bond donors (Lipinski definition) is 1. The Hall–Kier alpha value is -0.0400. The van der Waals surface area contributed by atoms with Crippen molar-refractivity contribution in [2.45, 2.75) is 53.0 Å². The fourth-order valence-electron chi connectivity index (χ4n) is 4.06. The van der Waals surface area contributed by atoms with Crippen molar-refractivity contribution in [2.75, 3.05) is 0 Å². The molecule has 13 heavy (non-hydrogen) atoms. The van der Waals surface area contributed by atoms with Gasteiger partial charge in [0.1, 0.15) is 0 Å². The molecule has 0 saturated heterocycles. The lowest BCUT2D eigenvalue weighted by Gasteiger charge is -2.41. The largest absolute Gasteiger partial charge is 0.328 e. The summed E-state index contributed by atoms with van der Waals surface area (Å²) in [5.41, 5.74) is 7.14. The first-order valence-corrected chi connectivity index (χ1v) is 5.65. The molecular weight excluding hydrogens is 158 g/mol. The Morgan fingerprint density at radius 1 is 1.31 bits per heavy atom. The van der Waals surface area contributed by atoms with Crippen molar-refractivity contribution in [2.24, 2.45) is 28.4 Å². The second kappa shape index (κ2) is 2.50. The number of nitrogens with two attached hydrogens (primary N) is 1. The Labute approximate surface area is 82.1 Å². The van der Waals surface area contributed by atoms with E-state index in [1.54, 1.807) is 0 Å². The third-order valence-corrected chi connectivity index (χ3v) is 5.50. The van der Waals surface area contributed by atoms with E-state index in [1.165, 1.54) is 19.3 Å². The molecule has 0 radical (unpaired) electrons. The van der Waals surface area contributed by atoms with E-state index in [9.17, 15) is 0 Å². The highest BCUT2D eigenvalue weighted by Crippen LogP contribution is 2.68.